The maximum Gasteiger partial charge on any atom is 0.308 e. The third kappa shape index (κ3) is 7.56. The summed E-state index contributed by atoms with van der Waals surface area (Å²) < 4.78 is 5.54. The minimum Gasteiger partial charge on any atom is -0.481 e. The predicted molar refractivity (Wildman–Crippen MR) is 77.3 cm³/mol. The van der Waals surface area contributed by atoms with Crippen molar-refractivity contribution >= 4 is 5.97 Å². The van der Waals surface area contributed by atoms with Crippen LogP contribution in [0.2, 0.25) is 0 Å². The fourth-order valence-corrected chi connectivity index (χ4v) is 2.87. The number of carboxylic acids is 1. The first-order valence-electron chi connectivity index (χ1n) is 8.04. The normalized spacial score (nSPS) is 17.7. The molecule has 0 bridgehead atoms. The molecule has 0 radical (unpaired) electrons. The summed E-state index contributed by atoms with van der Waals surface area (Å²) in [5, 5.41) is 9.21. The molecule has 1 rings (SSSR count). The molecule has 1 atom stereocenters. The van der Waals surface area contributed by atoms with Gasteiger partial charge in [0.1, 0.15) is 0 Å². The maximum atomic E-state index is 11.2. The van der Waals surface area contributed by atoms with Crippen molar-refractivity contribution in [2.24, 2.45) is 11.8 Å². The fourth-order valence-electron chi connectivity index (χ4n) is 2.87. The Morgan fingerprint density at radius 3 is 2.63 bits per heavy atom. The molecule has 1 saturated carbocycles. The van der Waals surface area contributed by atoms with Gasteiger partial charge in [-0.05, 0) is 25.2 Å². The van der Waals surface area contributed by atoms with E-state index in [0.717, 1.165) is 25.2 Å². The molecular weight excluding hydrogens is 240 g/mol. The van der Waals surface area contributed by atoms with Crippen molar-refractivity contribution in [2.75, 3.05) is 13.2 Å². The maximum absolute atomic E-state index is 11.2. The van der Waals surface area contributed by atoms with Crippen molar-refractivity contribution in [2.45, 2.75) is 71.1 Å². The molecule has 1 unspecified atom stereocenters. The van der Waals surface area contributed by atoms with Crippen LogP contribution in [0, 0.1) is 11.8 Å². The second-order valence-electron chi connectivity index (χ2n) is 5.90. The fraction of sp³-hybridized carbons (Fsp3) is 0.938. The predicted octanol–water partition coefficient (Wildman–Crippen LogP) is 4.25. The Balaban J connectivity index is 2.08. The first-order valence-corrected chi connectivity index (χ1v) is 8.04. The molecule has 3 nitrogen and oxygen atoms in total. The summed E-state index contributed by atoms with van der Waals surface area (Å²) in [6.07, 6.45) is 11.8. The lowest BCUT2D eigenvalue weighted by Gasteiger charge is -2.15. The summed E-state index contributed by atoms with van der Waals surface area (Å²) in [6, 6.07) is 0. The van der Waals surface area contributed by atoms with Crippen LogP contribution in [0.5, 0.6) is 0 Å². The summed E-state index contributed by atoms with van der Waals surface area (Å²) in [6.45, 7) is 3.30. The molecule has 0 spiro atoms. The smallest absolute Gasteiger partial charge is 0.308 e. The van der Waals surface area contributed by atoms with Crippen molar-refractivity contribution in [3.05, 3.63) is 0 Å². The average molecular weight is 270 g/mol. The van der Waals surface area contributed by atoms with Gasteiger partial charge in [-0.2, -0.15) is 0 Å². The molecule has 0 heterocycles. The van der Waals surface area contributed by atoms with Crippen LogP contribution < -0.4 is 0 Å². The van der Waals surface area contributed by atoms with Crippen LogP contribution in [0.1, 0.15) is 71.1 Å². The van der Waals surface area contributed by atoms with Crippen LogP contribution in [0.15, 0.2) is 0 Å². The van der Waals surface area contributed by atoms with Gasteiger partial charge in [-0.3, -0.25) is 4.79 Å². The monoisotopic (exact) mass is 270 g/mol. The molecule has 112 valence electrons. The van der Waals surface area contributed by atoms with E-state index in [1.807, 2.05) is 0 Å². The lowest BCUT2D eigenvalue weighted by Crippen LogP contribution is -2.21. The number of ether oxygens (including phenoxy) is 1. The number of carbonyl (C=O) groups is 1. The molecule has 0 aromatic carbocycles. The highest BCUT2D eigenvalue weighted by Crippen LogP contribution is 2.29. The Labute approximate surface area is 117 Å². The minimum absolute atomic E-state index is 0.299. The van der Waals surface area contributed by atoms with Gasteiger partial charge in [0.25, 0.3) is 0 Å². The van der Waals surface area contributed by atoms with E-state index in [0.29, 0.717) is 13.2 Å². The lowest BCUT2D eigenvalue weighted by atomic mass is 9.95. The van der Waals surface area contributed by atoms with Crippen molar-refractivity contribution < 1.29 is 14.6 Å². The standard InChI is InChI=1S/C16H30O3/c1-2-3-4-7-12-19-13-15(16(17)18)11-10-14-8-5-6-9-14/h14-15H,2-13H2,1H3,(H,17,18). The number of unbranched alkanes of at least 4 members (excludes halogenated alkanes) is 3. The van der Waals surface area contributed by atoms with E-state index in [9.17, 15) is 9.90 Å². The van der Waals surface area contributed by atoms with E-state index in [1.165, 1.54) is 44.9 Å². The van der Waals surface area contributed by atoms with E-state index in [2.05, 4.69) is 6.92 Å². The summed E-state index contributed by atoms with van der Waals surface area (Å²) >= 11 is 0. The molecule has 1 aliphatic carbocycles. The molecule has 19 heavy (non-hydrogen) atoms. The van der Waals surface area contributed by atoms with Crippen molar-refractivity contribution in [3.8, 4) is 0 Å². The van der Waals surface area contributed by atoms with Crippen LogP contribution in [0.3, 0.4) is 0 Å². The van der Waals surface area contributed by atoms with Gasteiger partial charge in [-0.1, -0.05) is 51.9 Å². The molecule has 0 amide bonds. The second kappa shape index (κ2) is 10.2. The van der Waals surface area contributed by atoms with Gasteiger partial charge in [0.2, 0.25) is 0 Å². The molecule has 0 aromatic heterocycles. The van der Waals surface area contributed by atoms with Gasteiger partial charge in [-0.25, -0.2) is 0 Å². The second-order valence-corrected chi connectivity index (χ2v) is 5.90. The van der Waals surface area contributed by atoms with Crippen LogP contribution >= 0.6 is 0 Å². The minimum atomic E-state index is -0.688. The zero-order chi connectivity index (χ0) is 13.9. The highest BCUT2D eigenvalue weighted by Gasteiger charge is 2.21. The third-order valence-electron chi connectivity index (χ3n) is 4.21. The van der Waals surface area contributed by atoms with E-state index in [-0.39, 0.29) is 5.92 Å². The van der Waals surface area contributed by atoms with Gasteiger partial charge in [0.05, 0.1) is 12.5 Å². The average Bonchev–Trinajstić information content (AvgIpc) is 2.89. The number of aliphatic carboxylic acids is 1. The molecule has 1 aliphatic rings. The van der Waals surface area contributed by atoms with Crippen molar-refractivity contribution in [1.29, 1.82) is 0 Å². The van der Waals surface area contributed by atoms with Crippen LogP contribution in [-0.4, -0.2) is 24.3 Å². The first kappa shape index (κ1) is 16.5. The quantitative estimate of drug-likeness (QED) is 0.571. The number of rotatable bonds is 11. The Kier molecular flexibility index (Phi) is 8.89. The Hall–Kier alpha value is -0.570. The summed E-state index contributed by atoms with van der Waals surface area (Å²) in [4.78, 5) is 11.2. The zero-order valence-corrected chi connectivity index (χ0v) is 12.4. The highest BCUT2D eigenvalue weighted by molar-refractivity contribution is 5.70. The van der Waals surface area contributed by atoms with Crippen molar-refractivity contribution in [1.82, 2.24) is 0 Å². The zero-order valence-electron chi connectivity index (χ0n) is 12.4. The van der Waals surface area contributed by atoms with Crippen molar-refractivity contribution in [3.63, 3.8) is 0 Å². The van der Waals surface area contributed by atoms with Gasteiger partial charge >= 0.3 is 5.97 Å². The number of carboxylic acid groups (broad SMARTS) is 1. The number of hydrogen-bond donors (Lipinski definition) is 1. The summed E-state index contributed by atoms with van der Waals surface area (Å²) in [5.74, 6) is -0.218. The van der Waals surface area contributed by atoms with E-state index >= 15 is 0 Å². The Morgan fingerprint density at radius 2 is 2.00 bits per heavy atom. The third-order valence-corrected chi connectivity index (χ3v) is 4.21. The van der Waals surface area contributed by atoms with Gasteiger partial charge in [0.15, 0.2) is 0 Å². The molecule has 0 saturated heterocycles. The van der Waals surface area contributed by atoms with E-state index in [4.69, 9.17) is 4.74 Å². The molecule has 0 aliphatic heterocycles. The van der Waals surface area contributed by atoms with E-state index < -0.39 is 5.97 Å². The molecule has 3 heteroatoms. The molecule has 0 aromatic rings. The van der Waals surface area contributed by atoms with Gasteiger partial charge in [-0.15, -0.1) is 0 Å². The Morgan fingerprint density at radius 1 is 1.26 bits per heavy atom. The van der Waals surface area contributed by atoms with Crippen LogP contribution in [0.4, 0.5) is 0 Å². The van der Waals surface area contributed by atoms with Crippen LogP contribution in [0.25, 0.3) is 0 Å². The molecular formula is C16H30O3. The highest BCUT2D eigenvalue weighted by atomic mass is 16.5. The largest absolute Gasteiger partial charge is 0.481 e. The number of hydrogen-bond acceptors (Lipinski definition) is 2. The van der Waals surface area contributed by atoms with E-state index in [1.54, 1.807) is 0 Å². The summed E-state index contributed by atoms with van der Waals surface area (Å²) in [5.41, 5.74) is 0. The van der Waals surface area contributed by atoms with Gasteiger partial charge < -0.3 is 9.84 Å². The van der Waals surface area contributed by atoms with Crippen LogP contribution in [-0.2, 0) is 9.53 Å². The first-order chi connectivity index (χ1) is 9.24. The molecule has 1 N–H and O–H groups in total. The Bertz CT molecular complexity index is 234. The molecule has 1 fully saturated rings. The topological polar surface area (TPSA) is 46.5 Å². The lowest BCUT2D eigenvalue weighted by molar-refractivity contribution is -0.144. The van der Waals surface area contributed by atoms with Gasteiger partial charge in [0, 0.05) is 6.61 Å². The summed E-state index contributed by atoms with van der Waals surface area (Å²) in [7, 11) is 0. The SMILES string of the molecule is CCCCCCOCC(CCC1CCCC1)C(=O)O.